The Kier molecular flexibility index (Phi) is 8.30. The topological polar surface area (TPSA) is 168 Å². The Morgan fingerprint density at radius 1 is 1.00 bits per heavy atom. The van der Waals surface area contributed by atoms with Gasteiger partial charge in [0.2, 0.25) is 0 Å². The summed E-state index contributed by atoms with van der Waals surface area (Å²) < 4.78 is 10.4. The molecule has 0 bridgehead atoms. The number of carbonyl (C=O) groups excluding carboxylic acids is 4. The molecular weight excluding hydrogens is 370 g/mol. The Labute approximate surface area is 153 Å². The van der Waals surface area contributed by atoms with Gasteiger partial charge in [0.05, 0.1) is 23.4 Å². The number of esters is 1. The minimum atomic E-state index is -1.50. The molecule has 1 aliphatic rings. The zero-order valence-electron chi connectivity index (χ0n) is 13.7. The minimum Gasteiger partial charge on any atom is -0.550 e. The van der Waals surface area contributed by atoms with Gasteiger partial charge in [-0.15, -0.1) is 0 Å². The highest BCUT2D eigenvalue weighted by atomic mass is 32.1. The van der Waals surface area contributed by atoms with E-state index in [0.29, 0.717) is 0 Å². The van der Waals surface area contributed by atoms with Crippen molar-refractivity contribution in [1.29, 1.82) is 0 Å². The van der Waals surface area contributed by atoms with Gasteiger partial charge in [0.15, 0.2) is 0 Å². The number of ether oxygens (including phenoxy) is 2. The van der Waals surface area contributed by atoms with Crippen molar-refractivity contribution in [2.24, 2.45) is 16.8 Å². The smallest absolute Gasteiger partial charge is 0.302 e. The number of carboxylic acid groups (broad SMARTS) is 3. The predicted octanol–water partition coefficient (Wildman–Crippen LogP) is -3.56. The van der Waals surface area contributed by atoms with Crippen LogP contribution >= 0.6 is 12.2 Å². The average Bonchev–Trinajstić information content (AvgIpc) is 2.49. The molecule has 1 unspecified atom stereocenters. The number of aliphatic carboxylic acids is 3. The molecular formula is C15H16NO9S-3. The second kappa shape index (κ2) is 9.95. The van der Waals surface area contributed by atoms with Gasteiger partial charge in [0.25, 0.3) is 0 Å². The molecule has 11 heteroatoms. The largest absolute Gasteiger partial charge is 0.550 e. The molecule has 1 fully saturated rings. The summed E-state index contributed by atoms with van der Waals surface area (Å²) in [6.45, 7) is 0.724. The molecule has 0 N–H and O–H groups in total. The number of rotatable bonds is 9. The fourth-order valence-corrected chi connectivity index (χ4v) is 3.21. The third-order valence-corrected chi connectivity index (χ3v) is 4.13. The third-order valence-electron chi connectivity index (χ3n) is 4.02. The summed E-state index contributed by atoms with van der Waals surface area (Å²) >= 11 is 4.51. The minimum absolute atomic E-state index is 0.394. The average molecular weight is 386 g/mol. The maximum atomic E-state index is 11.1. The predicted molar refractivity (Wildman–Crippen MR) is 80.0 cm³/mol. The van der Waals surface area contributed by atoms with Gasteiger partial charge in [-0.1, -0.05) is 0 Å². The highest BCUT2D eigenvalue weighted by molar-refractivity contribution is 7.78. The van der Waals surface area contributed by atoms with Crippen molar-refractivity contribution in [1.82, 2.24) is 0 Å². The van der Waals surface area contributed by atoms with Gasteiger partial charge >= 0.3 is 5.97 Å². The second-order valence-electron chi connectivity index (χ2n) is 5.78. The monoisotopic (exact) mass is 386 g/mol. The van der Waals surface area contributed by atoms with Gasteiger partial charge < -0.3 is 39.2 Å². The van der Waals surface area contributed by atoms with E-state index in [9.17, 15) is 34.5 Å². The standard InChI is InChI=1S/C15H19NO9S/c1-7(17)24-5-11-8(2-12(18)19)9(3-13(20)21)15(16-6-26)10(25-11)4-14(22)23/h8-11,15H,2-5H2,1H3,(H,18,19)(H,20,21)(H,22,23)/p-3/t8-,9+,10?,11-,15+/m0/s1. The first-order valence-electron chi connectivity index (χ1n) is 7.61. The van der Waals surface area contributed by atoms with E-state index in [1.165, 1.54) is 0 Å². The van der Waals surface area contributed by atoms with Crippen LogP contribution in [0.25, 0.3) is 0 Å². The van der Waals surface area contributed by atoms with Crippen molar-refractivity contribution >= 4 is 41.3 Å². The van der Waals surface area contributed by atoms with Crippen LogP contribution in [0.5, 0.6) is 0 Å². The summed E-state index contributed by atoms with van der Waals surface area (Å²) in [5.74, 6) is -7.15. The highest BCUT2D eigenvalue weighted by Gasteiger charge is 2.46. The molecule has 0 radical (unpaired) electrons. The Balaban J connectivity index is 3.28. The van der Waals surface area contributed by atoms with E-state index in [2.05, 4.69) is 17.2 Å². The highest BCUT2D eigenvalue weighted by Crippen LogP contribution is 2.38. The Morgan fingerprint density at radius 3 is 2.00 bits per heavy atom. The lowest BCUT2D eigenvalue weighted by atomic mass is 9.73. The lowest BCUT2D eigenvalue weighted by molar-refractivity contribution is -0.316. The SMILES string of the molecule is CC(=O)OC[C@@H]1OC(CC(=O)[O-])[C@H](N=C=S)[C@H](CC(=O)[O-])[C@@H]1CC(=O)[O-]. The van der Waals surface area contributed by atoms with Crippen LogP contribution in [0.2, 0.25) is 0 Å². The fourth-order valence-electron chi connectivity index (χ4n) is 3.09. The second-order valence-corrected chi connectivity index (χ2v) is 5.97. The molecule has 1 aliphatic heterocycles. The van der Waals surface area contributed by atoms with E-state index in [-0.39, 0.29) is 0 Å². The van der Waals surface area contributed by atoms with Crippen LogP contribution < -0.4 is 15.3 Å². The number of isothiocyanates is 1. The molecule has 1 saturated heterocycles. The first kappa shape index (κ1) is 21.7. The van der Waals surface area contributed by atoms with Gasteiger partial charge in [0.1, 0.15) is 6.61 Å². The first-order chi connectivity index (χ1) is 12.1. The molecule has 0 saturated carbocycles. The van der Waals surface area contributed by atoms with Crippen molar-refractivity contribution in [3.63, 3.8) is 0 Å². The lowest BCUT2D eigenvalue weighted by Gasteiger charge is -2.46. The Bertz CT molecular complexity index is 616. The van der Waals surface area contributed by atoms with Gasteiger partial charge in [-0.05, 0) is 36.9 Å². The molecule has 0 aromatic carbocycles. The van der Waals surface area contributed by atoms with Crippen molar-refractivity contribution in [3.8, 4) is 0 Å². The van der Waals surface area contributed by atoms with Crippen LogP contribution in [-0.4, -0.2) is 53.9 Å². The van der Waals surface area contributed by atoms with Gasteiger partial charge in [0, 0.05) is 31.3 Å². The van der Waals surface area contributed by atoms with Crippen LogP contribution in [-0.2, 0) is 28.7 Å². The molecule has 0 aliphatic carbocycles. The number of hydrogen-bond acceptors (Lipinski definition) is 11. The Morgan fingerprint density at radius 2 is 1.54 bits per heavy atom. The van der Waals surface area contributed by atoms with Crippen LogP contribution in [0.15, 0.2) is 4.99 Å². The summed E-state index contributed by atoms with van der Waals surface area (Å²) in [6, 6.07) is -1.10. The molecule has 10 nitrogen and oxygen atoms in total. The number of hydrogen-bond donors (Lipinski definition) is 0. The summed E-state index contributed by atoms with van der Waals surface area (Å²) in [5, 5.41) is 35.2. The summed E-state index contributed by atoms with van der Waals surface area (Å²) in [7, 11) is 0. The number of carboxylic acids is 3. The maximum Gasteiger partial charge on any atom is 0.302 e. The van der Waals surface area contributed by atoms with Crippen LogP contribution in [0, 0.1) is 11.8 Å². The zero-order chi connectivity index (χ0) is 19.9. The number of aliphatic imine (C=N–C) groups is 1. The Hall–Kier alpha value is -2.36. The molecule has 5 atom stereocenters. The zero-order valence-corrected chi connectivity index (χ0v) is 14.6. The molecule has 1 heterocycles. The van der Waals surface area contributed by atoms with Crippen molar-refractivity contribution < 1.29 is 44.0 Å². The summed E-state index contributed by atoms with van der Waals surface area (Å²) in [6.07, 6.45) is -4.15. The first-order valence-corrected chi connectivity index (χ1v) is 8.01. The van der Waals surface area contributed by atoms with E-state index < -0.39 is 79.8 Å². The van der Waals surface area contributed by atoms with Crippen LogP contribution in [0.4, 0.5) is 0 Å². The molecule has 0 spiro atoms. The number of carbonyl (C=O) groups is 4. The van der Waals surface area contributed by atoms with Crippen LogP contribution in [0.1, 0.15) is 26.2 Å². The normalized spacial score (nSPS) is 27.8. The molecule has 0 amide bonds. The van der Waals surface area contributed by atoms with E-state index in [1.54, 1.807) is 0 Å². The molecule has 26 heavy (non-hydrogen) atoms. The molecule has 1 rings (SSSR count). The fraction of sp³-hybridized carbons (Fsp3) is 0.667. The van der Waals surface area contributed by atoms with E-state index in [0.717, 1.165) is 6.92 Å². The quantitative estimate of drug-likeness (QED) is 0.219. The third kappa shape index (κ3) is 6.51. The van der Waals surface area contributed by atoms with Gasteiger partial charge in [-0.2, -0.15) is 0 Å². The van der Waals surface area contributed by atoms with Crippen LogP contribution in [0.3, 0.4) is 0 Å². The summed E-state index contributed by atoms with van der Waals surface area (Å²) in [5.41, 5.74) is 0. The van der Waals surface area contributed by atoms with Crippen molar-refractivity contribution in [3.05, 3.63) is 0 Å². The summed E-state index contributed by atoms with van der Waals surface area (Å²) in [4.78, 5) is 48.0. The number of thiocarbonyl (C=S) groups is 1. The lowest BCUT2D eigenvalue weighted by Crippen LogP contribution is -2.55. The van der Waals surface area contributed by atoms with Crippen molar-refractivity contribution in [2.75, 3.05) is 6.61 Å². The van der Waals surface area contributed by atoms with E-state index >= 15 is 0 Å². The van der Waals surface area contributed by atoms with E-state index in [1.807, 2.05) is 5.16 Å². The molecule has 144 valence electrons. The maximum absolute atomic E-state index is 11.1. The van der Waals surface area contributed by atoms with Gasteiger partial charge in [-0.25, -0.2) is 4.99 Å². The van der Waals surface area contributed by atoms with Crippen molar-refractivity contribution in [2.45, 2.75) is 44.4 Å². The van der Waals surface area contributed by atoms with Gasteiger partial charge in [-0.3, -0.25) is 4.79 Å². The van der Waals surface area contributed by atoms with E-state index in [4.69, 9.17) is 9.47 Å². The molecule has 0 aromatic heterocycles. The number of nitrogens with zero attached hydrogens (tertiary/aromatic N) is 1. The molecule has 0 aromatic rings.